The van der Waals surface area contributed by atoms with Gasteiger partial charge in [0.15, 0.2) is 0 Å². The van der Waals surface area contributed by atoms with E-state index in [0.717, 1.165) is 49.8 Å². The van der Waals surface area contributed by atoms with Gasteiger partial charge in [0, 0.05) is 45.6 Å². The van der Waals surface area contributed by atoms with E-state index in [1.807, 2.05) is 12.3 Å². The second-order valence-electron chi connectivity index (χ2n) is 10.1. The minimum atomic E-state index is 0.852. The Kier molecular flexibility index (Phi) is 5.14. The summed E-state index contributed by atoms with van der Waals surface area (Å²) in [5, 5.41) is 6.76. The van der Waals surface area contributed by atoms with Crippen LogP contribution in [0.4, 0.5) is 17.1 Å². The number of pyridine rings is 1. The fourth-order valence-corrected chi connectivity index (χ4v) is 5.74. The highest BCUT2D eigenvalue weighted by molar-refractivity contribution is 6.15. The van der Waals surface area contributed by atoms with Gasteiger partial charge in [-0.1, -0.05) is 84.9 Å². The van der Waals surface area contributed by atoms with Crippen LogP contribution in [0, 0.1) is 0 Å². The maximum Gasteiger partial charge on any atom is 0.143 e. The molecule has 8 aromatic rings. The Morgan fingerprint density at radius 3 is 2.10 bits per heavy atom. The Labute approximate surface area is 231 Å². The zero-order chi connectivity index (χ0) is 26.5. The summed E-state index contributed by atoms with van der Waals surface area (Å²) in [4.78, 5) is 6.66. The molecule has 0 N–H and O–H groups in total. The minimum Gasteiger partial charge on any atom is -0.455 e. The molecule has 0 aliphatic heterocycles. The van der Waals surface area contributed by atoms with Gasteiger partial charge in [0.2, 0.25) is 0 Å². The normalized spacial score (nSPS) is 11.5. The second-order valence-corrected chi connectivity index (χ2v) is 10.1. The van der Waals surface area contributed by atoms with Crippen molar-refractivity contribution in [2.75, 3.05) is 4.90 Å². The standard InChI is InChI=1S/C37H24N2O/c1-2-7-25(8-3-1)29-11-6-12-30(21-29)39(31-16-13-26-9-4-5-10-28(26)22-31)32-17-14-27-15-18-33-35-24-38-20-19-36(35)40-37(33)34(27)23-32/h1-24H. The largest absolute Gasteiger partial charge is 0.455 e. The Bertz CT molecular complexity index is 2180. The molecular formula is C37H24N2O. The van der Waals surface area contributed by atoms with Crippen molar-refractivity contribution < 1.29 is 4.42 Å². The SMILES string of the molecule is c1ccc(-c2cccc(N(c3ccc4ccccc4c3)c3ccc4ccc5c6cnccc6oc5c4c3)c2)cc1. The number of fused-ring (bicyclic) bond motifs is 6. The molecule has 0 radical (unpaired) electrons. The van der Waals surface area contributed by atoms with Crippen molar-refractivity contribution in [3.8, 4) is 11.1 Å². The van der Waals surface area contributed by atoms with Gasteiger partial charge in [-0.05, 0) is 75.8 Å². The first kappa shape index (κ1) is 22.6. The molecule has 0 saturated carbocycles. The van der Waals surface area contributed by atoms with Gasteiger partial charge in [0.1, 0.15) is 11.2 Å². The lowest BCUT2D eigenvalue weighted by atomic mass is 10.0. The Hall–Kier alpha value is -5.41. The van der Waals surface area contributed by atoms with Crippen molar-refractivity contribution in [2.45, 2.75) is 0 Å². The highest BCUT2D eigenvalue weighted by Crippen LogP contribution is 2.41. The molecule has 0 fully saturated rings. The van der Waals surface area contributed by atoms with Crippen LogP contribution in [0.2, 0.25) is 0 Å². The first-order chi connectivity index (χ1) is 19.8. The number of aromatic nitrogens is 1. The summed E-state index contributed by atoms with van der Waals surface area (Å²) in [6.07, 6.45) is 3.66. The van der Waals surface area contributed by atoms with Gasteiger partial charge < -0.3 is 9.32 Å². The maximum atomic E-state index is 6.39. The molecule has 8 rings (SSSR count). The fourth-order valence-electron chi connectivity index (χ4n) is 5.74. The van der Waals surface area contributed by atoms with Gasteiger partial charge in [0.05, 0.1) is 0 Å². The molecule has 188 valence electrons. The molecule has 0 amide bonds. The fraction of sp³-hybridized carbons (Fsp3) is 0. The van der Waals surface area contributed by atoms with E-state index < -0.39 is 0 Å². The Morgan fingerprint density at radius 2 is 1.20 bits per heavy atom. The van der Waals surface area contributed by atoms with Crippen LogP contribution in [0.5, 0.6) is 0 Å². The number of hydrogen-bond acceptors (Lipinski definition) is 3. The maximum absolute atomic E-state index is 6.39. The number of anilines is 3. The van der Waals surface area contributed by atoms with Crippen LogP contribution in [-0.2, 0) is 0 Å². The number of rotatable bonds is 4. The molecule has 2 aromatic heterocycles. The van der Waals surface area contributed by atoms with E-state index in [0.29, 0.717) is 0 Å². The van der Waals surface area contributed by atoms with E-state index in [-0.39, 0.29) is 0 Å². The van der Waals surface area contributed by atoms with Gasteiger partial charge in [-0.15, -0.1) is 0 Å². The van der Waals surface area contributed by atoms with Crippen LogP contribution in [0.25, 0.3) is 54.6 Å². The van der Waals surface area contributed by atoms with Crippen LogP contribution in [0.1, 0.15) is 0 Å². The zero-order valence-electron chi connectivity index (χ0n) is 21.7. The number of hydrogen-bond donors (Lipinski definition) is 0. The monoisotopic (exact) mass is 512 g/mol. The molecule has 0 unspecified atom stereocenters. The lowest BCUT2D eigenvalue weighted by Gasteiger charge is -2.26. The molecule has 0 spiro atoms. The lowest BCUT2D eigenvalue weighted by Crippen LogP contribution is -2.10. The molecule has 40 heavy (non-hydrogen) atoms. The van der Waals surface area contributed by atoms with E-state index in [9.17, 15) is 0 Å². The van der Waals surface area contributed by atoms with Gasteiger partial charge in [-0.3, -0.25) is 4.98 Å². The molecular weight excluding hydrogens is 488 g/mol. The molecule has 3 heteroatoms. The number of nitrogens with zero attached hydrogens (tertiary/aromatic N) is 2. The highest BCUT2D eigenvalue weighted by atomic mass is 16.3. The first-order valence-electron chi connectivity index (χ1n) is 13.5. The van der Waals surface area contributed by atoms with Crippen molar-refractivity contribution in [3.63, 3.8) is 0 Å². The molecule has 0 bridgehead atoms. The third-order valence-electron chi connectivity index (χ3n) is 7.70. The molecule has 0 aliphatic carbocycles. The van der Waals surface area contributed by atoms with Crippen molar-refractivity contribution in [1.82, 2.24) is 4.98 Å². The van der Waals surface area contributed by atoms with Gasteiger partial charge in [0.25, 0.3) is 0 Å². The van der Waals surface area contributed by atoms with Crippen molar-refractivity contribution in [1.29, 1.82) is 0 Å². The summed E-state index contributed by atoms with van der Waals surface area (Å²) < 4.78 is 6.39. The van der Waals surface area contributed by atoms with Crippen LogP contribution >= 0.6 is 0 Å². The minimum absolute atomic E-state index is 0.852. The van der Waals surface area contributed by atoms with E-state index in [4.69, 9.17) is 4.42 Å². The van der Waals surface area contributed by atoms with E-state index in [1.54, 1.807) is 6.20 Å². The first-order valence-corrected chi connectivity index (χ1v) is 13.5. The molecule has 2 heterocycles. The molecule has 0 saturated heterocycles. The third-order valence-corrected chi connectivity index (χ3v) is 7.70. The lowest BCUT2D eigenvalue weighted by molar-refractivity contribution is 0.672. The molecule has 6 aromatic carbocycles. The average molecular weight is 513 g/mol. The summed E-state index contributed by atoms with van der Waals surface area (Å²) in [5.74, 6) is 0. The Balaban J connectivity index is 1.37. The third kappa shape index (κ3) is 3.71. The van der Waals surface area contributed by atoms with Crippen LogP contribution in [-0.4, -0.2) is 4.98 Å². The van der Waals surface area contributed by atoms with Crippen molar-refractivity contribution in [2.24, 2.45) is 0 Å². The molecule has 0 atom stereocenters. The van der Waals surface area contributed by atoms with Crippen LogP contribution in [0.15, 0.2) is 150 Å². The predicted molar refractivity (Wildman–Crippen MR) is 167 cm³/mol. The summed E-state index contributed by atoms with van der Waals surface area (Å²) in [6, 6.07) is 47.3. The quantitative estimate of drug-likeness (QED) is 0.235. The number of furan rings is 1. The van der Waals surface area contributed by atoms with Gasteiger partial charge >= 0.3 is 0 Å². The van der Waals surface area contributed by atoms with E-state index >= 15 is 0 Å². The van der Waals surface area contributed by atoms with Crippen molar-refractivity contribution in [3.05, 3.63) is 146 Å². The number of benzene rings is 6. The average Bonchev–Trinajstić information content (AvgIpc) is 3.41. The van der Waals surface area contributed by atoms with Gasteiger partial charge in [-0.2, -0.15) is 0 Å². The molecule has 3 nitrogen and oxygen atoms in total. The van der Waals surface area contributed by atoms with E-state index in [1.165, 1.54) is 21.9 Å². The summed E-state index contributed by atoms with van der Waals surface area (Å²) >= 11 is 0. The smallest absolute Gasteiger partial charge is 0.143 e. The van der Waals surface area contributed by atoms with Crippen LogP contribution in [0.3, 0.4) is 0 Å². The highest BCUT2D eigenvalue weighted by Gasteiger charge is 2.17. The topological polar surface area (TPSA) is 29.3 Å². The molecule has 0 aliphatic rings. The van der Waals surface area contributed by atoms with E-state index in [2.05, 4.69) is 137 Å². The zero-order valence-corrected chi connectivity index (χ0v) is 21.7. The van der Waals surface area contributed by atoms with Gasteiger partial charge in [-0.25, -0.2) is 0 Å². The van der Waals surface area contributed by atoms with Crippen molar-refractivity contribution >= 4 is 60.5 Å². The predicted octanol–water partition coefficient (Wildman–Crippen LogP) is 10.4. The van der Waals surface area contributed by atoms with Crippen LogP contribution < -0.4 is 4.90 Å². The Morgan fingerprint density at radius 1 is 0.475 bits per heavy atom. The summed E-state index contributed by atoms with van der Waals surface area (Å²) in [6.45, 7) is 0. The summed E-state index contributed by atoms with van der Waals surface area (Å²) in [5.41, 5.74) is 7.37. The summed E-state index contributed by atoms with van der Waals surface area (Å²) in [7, 11) is 0. The second kappa shape index (κ2) is 9.11.